The Bertz CT molecular complexity index is 510. The van der Waals surface area contributed by atoms with E-state index in [0.717, 1.165) is 25.2 Å². The Morgan fingerprint density at radius 1 is 1.35 bits per heavy atom. The number of halogens is 1. The van der Waals surface area contributed by atoms with Gasteiger partial charge >= 0.3 is 5.97 Å². The van der Waals surface area contributed by atoms with Crippen LogP contribution < -0.4 is 17.0 Å². The molecule has 0 bridgehead atoms. The molecule has 0 aliphatic carbocycles. The van der Waals surface area contributed by atoms with Gasteiger partial charge in [-0.15, -0.1) is 0 Å². The maximum Gasteiger partial charge on any atom is 0.333 e. The predicted octanol–water partition coefficient (Wildman–Crippen LogP) is -0.831. The van der Waals surface area contributed by atoms with Crippen molar-refractivity contribution >= 4 is 5.97 Å². The predicted molar refractivity (Wildman–Crippen MR) is 80.8 cm³/mol. The van der Waals surface area contributed by atoms with E-state index in [1.807, 2.05) is 29.1 Å². The van der Waals surface area contributed by atoms with Crippen molar-refractivity contribution in [1.82, 2.24) is 0 Å². The van der Waals surface area contributed by atoms with Gasteiger partial charge in [-0.25, -0.2) is 9.36 Å². The zero-order chi connectivity index (χ0) is 15.9. The summed E-state index contributed by atoms with van der Waals surface area (Å²) in [6.07, 6.45) is 4.66. The van der Waals surface area contributed by atoms with Gasteiger partial charge in [-0.2, -0.15) is 0 Å². The average molecular weight is 342 g/mol. The molecule has 0 spiro atoms. The highest BCUT2D eigenvalue weighted by atomic mass is 35.5. The fraction of sp³-hybridized carbons (Fsp3) is 0.529. The Kier molecular flexibility index (Phi) is 8.23. The number of carbonyl (C=O) groups is 1. The summed E-state index contributed by atoms with van der Waals surface area (Å²) in [4.78, 5) is 11.3. The van der Waals surface area contributed by atoms with Crippen LogP contribution in [0.1, 0.15) is 32.1 Å². The molecule has 0 radical (unpaired) electrons. The highest BCUT2D eigenvalue weighted by Crippen LogP contribution is 2.25. The topological polar surface area (TPSA) is 48.6 Å². The fourth-order valence-electron chi connectivity index (χ4n) is 2.11. The van der Waals surface area contributed by atoms with Gasteiger partial charge in [0, 0.05) is 29.2 Å². The lowest BCUT2D eigenvalue weighted by Gasteiger charge is -2.28. The second-order valence-electron chi connectivity index (χ2n) is 5.56. The van der Waals surface area contributed by atoms with E-state index in [0.29, 0.717) is 24.6 Å². The molecule has 1 aromatic heterocycles. The molecule has 0 aromatic carbocycles. The highest BCUT2D eigenvalue weighted by molar-refractivity contribution is 5.86. The Hall–Kier alpha value is -1.43. The summed E-state index contributed by atoms with van der Waals surface area (Å²) >= 11 is 0. The van der Waals surface area contributed by atoms with Gasteiger partial charge < -0.3 is 26.6 Å². The molecule has 0 unspecified atom stereocenters. The molecule has 2 heterocycles. The maximum absolute atomic E-state index is 11.3. The number of hydrogen-bond donors (Lipinski definition) is 0. The maximum atomic E-state index is 11.3. The van der Waals surface area contributed by atoms with E-state index in [4.69, 9.17) is 14.2 Å². The van der Waals surface area contributed by atoms with E-state index in [1.165, 1.54) is 0 Å². The van der Waals surface area contributed by atoms with Gasteiger partial charge in [-0.3, -0.25) is 0 Å². The van der Waals surface area contributed by atoms with E-state index in [-0.39, 0.29) is 24.7 Å². The van der Waals surface area contributed by atoms with Crippen molar-refractivity contribution in [2.24, 2.45) is 5.92 Å². The van der Waals surface area contributed by atoms with E-state index in [9.17, 15) is 4.79 Å². The van der Waals surface area contributed by atoms with Gasteiger partial charge in [-0.1, -0.05) is 13.5 Å². The summed E-state index contributed by atoms with van der Waals surface area (Å²) in [6.45, 7) is 9.74. The molecule has 1 saturated heterocycles. The van der Waals surface area contributed by atoms with Crippen LogP contribution in [-0.2, 0) is 25.5 Å². The number of nitrogens with zero attached hydrogens (tertiary/aromatic N) is 1. The number of aromatic nitrogens is 1. The fourth-order valence-corrected chi connectivity index (χ4v) is 2.11. The van der Waals surface area contributed by atoms with Crippen LogP contribution in [0.3, 0.4) is 0 Å². The number of carbonyl (C=O) groups excluding carboxylic acids is 1. The van der Waals surface area contributed by atoms with Crippen molar-refractivity contribution in [3.8, 4) is 0 Å². The second kappa shape index (κ2) is 9.65. The van der Waals surface area contributed by atoms with Crippen molar-refractivity contribution in [2.45, 2.75) is 33.1 Å². The lowest BCUT2D eigenvalue weighted by atomic mass is 10.1. The summed E-state index contributed by atoms with van der Waals surface area (Å²) in [5.74, 6) is 0.139. The zero-order valence-electron chi connectivity index (χ0n) is 13.7. The van der Waals surface area contributed by atoms with Crippen molar-refractivity contribution < 1.29 is 36.0 Å². The van der Waals surface area contributed by atoms with E-state index < -0.39 is 0 Å². The highest BCUT2D eigenvalue weighted by Gasteiger charge is 2.23. The second-order valence-corrected chi connectivity index (χ2v) is 5.56. The first-order valence-corrected chi connectivity index (χ1v) is 7.65. The first-order chi connectivity index (χ1) is 10.6. The van der Waals surface area contributed by atoms with Crippen molar-refractivity contribution in [2.75, 3.05) is 19.8 Å². The van der Waals surface area contributed by atoms with Crippen LogP contribution in [-0.4, -0.2) is 25.8 Å². The van der Waals surface area contributed by atoms with Crippen LogP contribution in [0.15, 0.2) is 36.7 Å². The van der Waals surface area contributed by atoms with Crippen LogP contribution in [0.2, 0.25) is 0 Å². The lowest BCUT2D eigenvalue weighted by Crippen LogP contribution is -3.00. The molecule has 0 amide bonds. The van der Waals surface area contributed by atoms with E-state index >= 15 is 0 Å². The lowest BCUT2D eigenvalue weighted by molar-refractivity contribution is -0.698. The first-order valence-electron chi connectivity index (χ1n) is 7.65. The monoisotopic (exact) mass is 341 g/mol. The molecule has 5 nitrogen and oxygen atoms in total. The smallest absolute Gasteiger partial charge is 0.333 e. The van der Waals surface area contributed by atoms with Crippen LogP contribution >= 0.6 is 0 Å². The number of hydrogen-bond acceptors (Lipinski definition) is 4. The Morgan fingerprint density at radius 2 is 1.96 bits per heavy atom. The normalized spacial score (nSPS) is 20.4. The first kappa shape index (κ1) is 19.6. The Labute approximate surface area is 143 Å². The largest absolute Gasteiger partial charge is 1.00 e. The van der Waals surface area contributed by atoms with Gasteiger partial charge in [0.25, 0.3) is 0 Å². The summed E-state index contributed by atoms with van der Waals surface area (Å²) in [6, 6.07) is 3.94. The van der Waals surface area contributed by atoms with Crippen LogP contribution in [0.4, 0.5) is 0 Å². The molecule has 1 fully saturated rings. The molecule has 2 rings (SSSR count). The number of ether oxygens (including phenoxy) is 3. The average Bonchev–Trinajstić information content (AvgIpc) is 2.55. The summed E-state index contributed by atoms with van der Waals surface area (Å²) in [5.41, 5.74) is 1.42. The molecule has 0 saturated carbocycles. The number of esters is 1. The standard InChI is InChI=1S/C17H24NO4.ClH/c1-4-14-11-21-17(22-12-14)15-5-7-18(8-6-15)9-10-20-16(19)13(2)3;/h5-8,14,17H,2,4,9-12H2,1,3H3;1H/q+1;/p-1. The van der Waals surface area contributed by atoms with Gasteiger partial charge in [0.05, 0.1) is 13.2 Å². The van der Waals surface area contributed by atoms with Gasteiger partial charge in [0.15, 0.2) is 31.8 Å². The molecule has 1 aliphatic rings. The van der Waals surface area contributed by atoms with Gasteiger partial charge in [-0.05, 0) is 13.3 Å². The minimum absolute atomic E-state index is 0. The molecule has 0 N–H and O–H groups in total. The summed E-state index contributed by atoms with van der Waals surface area (Å²) in [7, 11) is 0. The van der Waals surface area contributed by atoms with Crippen molar-refractivity contribution in [1.29, 1.82) is 0 Å². The quantitative estimate of drug-likeness (QED) is 0.385. The minimum atomic E-state index is -0.355. The van der Waals surface area contributed by atoms with Crippen LogP contribution in [0.5, 0.6) is 0 Å². The molecule has 23 heavy (non-hydrogen) atoms. The van der Waals surface area contributed by atoms with Crippen molar-refractivity contribution in [3.63, 3.8) is 0 Å². The molecule has 1 aliphatic heterocycles. The third kappa shape index (κ3) is 5.94. The van der Waals surface area contributed by atoms with Crippen molar-refractivity contribution in [3.05, 3.63) is 42.2 Å². The zero-order valence-corrected chi connectivity index (χ0v) is 14.4. The van der Waals surface area contributed by atoms with E-state index in [2.05, 4.69) is 13.5 Å². The number of rotatable bonds is 6. The third-order valence-electron chi connectivity index (χ3n) is 3.66. The summed E-state index contributed by atoms with van der Waals surface area (Å²) < 4.78 is 18.5. The molecule has 128 valence electrons. The van der Waals surface area contributed by atoms with Crippen LogP contribution in [0, 0.1) is 5.92 Å². The third-order valence-corrected chi connectivity index (χ3v) is 3.66. The molecular weight excluding hydrogens is 318 g/mol. The Morgan fingerprint density at radius 3 is 2.48 bits per heavy atom. The molecular formula is C17H24ClNO4. The SMILES string of the molecule is C=C(C)C(=O)OCC[n+]1ccc(C2OCC(CC)CO2)cc1.[Cl-]. The molecule has 1 aromatic rings. The summed E-state index contributed by atoms with van der Waals surface area (Å²) in [5, 5.41) is 0. The molecule has 6 heteroatoms. The van der Waals surface area contributed by atoms with Gasteiger partial charge in [0.2, 0.25) is 0 Å². The van der Waals surface area contributed by atoms with Crippen LogP contribution in [0.25, 0.3) is 0 Å². The molecule has 0 atom stereocenters. The Balaban J connectivity index is 0.00000264. The van der Waals surface area contributed by atoms with Gasteiger partial charge in [0.1, 0.15) is 0 Å². The number of pyridine rings is 1. The van der Waals surface area contributed by atoms with E-state index in [1.54, 1.807) is 6.92 Å². The minimum Gasteiger partial charge on any atom is -1.00 e.